The van der Waals surface area contributed by atoms with E-state index in [0.717, 1.165) is 5.56 Å². The number of nitrogens with two attached hydrogens (primary N) is 1. The van der Waals surface area contributed by atoms with Crippen LogP contribution in [0.1, 0.15) is 37.5 Å². The molecule has 0 saturated heterocycles. The number of methoxy groups -OCH3 is 1. The smallest absolute Gasteiger partial charge is 0.239 e. The van der Waals surface area contributed by atoms with Crippen molar-refractivity contribution < 1.29 is 18.6 Å². The first kappa shape index (κ1) is 24.3. The molecule has 0 aromatic heterocycles. The van der Waals surface area contributed by atoms with E-state index in [2.05, 4.69) is 10.6 Å². The van der Waals surface area contributed by atoms with Gasteiger partial charge in [-0.15, -0.1) is 0 Å². The number of carbonyl (C=O) groups excluding carboxylic acids is 2. The number of nitrogens with one attached hydrogen (secondary N) is 2. The maximum Gasteiger partial charge on any atom is 0.239 e. The van der Waals surface area contributed by atoms with E-state index in [1.807, 2.05) is 58.0 Å². The van der Waals surface area contributed by atoms with E-state index in [4.69, 9.17) is 10.5 Å². The second-order valence-electron chi connectivity index (χ2n) is 4.39. The van der Waals surface area contributed by atoms with Gasteiger partial charge in [0.05, 0.1) is 25.7 Å². The number of hydrogen-bond acceptors (Lipinski definition) is 4. The molecule has 1 atom stereocenters. The van der Waals surface area contributed by atoms with Crippen LogP contribution in [-0.4, -0.2) is 44.7 Å². The summed E-state index contributed by atoms with van der Waals surface area (Å²) >= 11 is 0. The number of rotatable bonds is 8. The third-order valence-electron chi connectivity index (χ3n) is 2.69. The Morgan fingerprint density at radius 2 is 1.71 bits per heavy atom. The fraction of sp³-hybridized carbons (Fsp3) is 0.556. The quantitative estimate of drug-likeness (QED) is 0.673. The Morgan fingerprint density at radius 3 is 2.21 bits per heavy atom. The lowest BCUT2D eigenvalue weighted by Crippen LogP contribution is -2.45. The van der Waals surface area contributed by atoms with Crippen LogP contribution in [0.4, 0.5) is 0 Å². The van der Waals surface area contributed by atoms with Gasteiger partial charge < -0.3 is 21.1 Å². The summed E-state index contributed by atoms with van der Waals surface area (Å²) in [5, 5.41) is 5.25. The van der Waals surface area contributed by atoms with Gasteiger partial charge in [0, 0.05) is 11.4 Å². The Hall–Kier alpha value is -1.92. The van der Waals surface area contributed by atoms with Crippen LogP contribution in [0, 0.1) is 0 Å². The van der Waals surface area contributed by atoms with Crippen molar-refractivity contribution in [1.82, 2.24) is 10.6 Å². The van der Waals surface area contributed by atoms with Crippen molar-refractivity contribution in [3.8, 4) is 0 Å². The van der Waals surface area contributed by atoms with Gasteiger partial charge >= 0.3 is 0 Å². The number of carbonyl (C=O) groups is 2. The van der Waals surface area contributed by atoms with Crippen molar-refractivity contribution in [3.63, 3.8) is 0 Å². The van der Waals surface area contributed by atoms with Gasteiger partial charge in [-0.2, -0.15) is 0 Å². The number of ether oxygens (including phenoxy) is 1. The van der Waals surface area contributed by atoms with Crippen LogP contribution in [0.5, 0.6) is 0 Å². The maximum absolute atomic E-state index is 11.7. The number of amides is 2. The van der Waals surface area contributed by atoms with Crippen molar-refractivity contribution in [1.29, 1.82) is 0 Å². The molecular formula is C18H39N3O3. The van der Waals surface area contributed by atoms with Crippen LogP contribution in [0.2, 0.25) is 0 Å². The van der Waals surface area contributed by atoms with Crippen LogP contribution in [0.25, 0.3) is 0 Å². The van der Waals surface area contributed by atoms with Crippen LogP contribution < -0.4 is 16.4 Å². The number of hydrogen-bond donors (Lipinski definition) is 3. The zero-order valence-corrected chi connectivity index (χ0v) is 15.6. The average molecular weight is 346 g/mol. The molecule has 0 heterocycles. The zero-order chi connectivity index (χ0) is 18.8. The van der Waals surface area contributed by atoms with Gasteiger partial charge in [0.15, 0.2) is 0 Å². The fourth-order valence-electron chi connectivity index (χ4n) is 1.78. The highest BCUT2D eigenvalue weighted by atomic mass is 16.5. The van der Waals surface area contributed by atoms with Gasteiger partial charge in [0.2, 0.25) is 11.8 Å². The Bertz CT molecular complexity index is 438. The van der Waals surface area contributed by atoms with Gasteiger partial charge in [-0.05, 0) is 12.0 Å². The van der Waals surface area contributed by atoms with Gasteiger partial charge in [0.1, 0.15) is 0 Å². The summed E-state index contributed by atoms with van der Waals surface area (Å²) in [6, 6.07) is 9.68. The molecule has 1 rings (SSSR count). The summed E-state index contributed by atoms with van der Waals surface area (Å²) in [6.07, 6.45) is 0.672. The maximum atomic E-state index is 11.7. The zero-order valence-electron chi connectivity index (χ0n) is 15.6. The molecule has 0 bridgehead atoms. The molecule has 0 aliphatic heterocycles. The summed E-state index contributed by atoms with van der Waals surface area (Å²) < 4.78 is 5.10. The Kier molecular flexibility index (Phi) is 17.7. The molecule has 0 aliphatic rings. The first-order valence-electron chi connectivity index (χ1n) is 8.44. The SMILES string of the molecule is CC.CC.COC[C@H](Cc1ccccc1)NC(=O)CNC(=O)CN.[HH].[HH].[HH]. The summed E-state index contributed by atoms with van der Waals surface area (Å²) in [6.45, 7) is 8.20. The number of benzene rings is 1. The van der Waals surface area contributed by atoms with Gasteiger partial charge in [-0.1, -0.05) is 58.0 Å². The van der Waals surface area contributed by atoms with E-state index in [-0.39, 0.29) is 35.2 Å². The van der Waals surface area contributed by atoms with Crippen LogP contribution in [-0.2, 0) is 20.7 Å². The predicted octanol–water partition coefficient (Wildman–Crippen LogP) is 2.23. The lowest BCUT2D eigenvalue weighted by molar-refractivity contribution is -0.126. The molecular weight excluding hydrogens is 306 g/mol. The molecule has 4 N–H and O–H groups in total. The minimum atomic E-state index is -0.355. The van der Waals surface area contributed by atoms with Crippen molar-refractivity contribution in [2.75, 3.05) is 26.8 Å². The highest BCUT2D eigenvalue weighted by Crippen LogP contribution is 2.03. The minimum Gasteiger partial charge on any atom is -0.383 e. The van der Waals surface area contributed by atoms with E-state index in [1.165, 1.54) is 0 Å². The molecule has 144 valence electrons. The Morgan fingerprint density at radius 1 is 1.12 bits per heavy atom. The monoisotopic (exact) mass is 345 g/mol. The highest BCUT2D eigenvalue weighted by molar-refractivity contribution is 5.85. The summed E-state index contributed by atoms with van der Waals surface area (Å²) in [5.41, 5.74) is 6.26. The largest absolute Gasteiger partial charge is 0.383 e. The Labute approximate surface area is 150 Å². The molecule has 0 radical (unpaired) electrons. The molecule has 1 aromatic carbocycles. The molecule has 1 aromatic rings. The summed E-state index contributed by atoms with van der Waals surface area (Å²) in [5.74, 6) is -0.615. The van der Waals surface area contributed by atoms with E-state index < -0.39 is 0 Å². The molecule has 0 saturated carbocycles. The van der Waals surface area contributed by atoms with Gasteiger partial charge in [0.25, 0.3) is 0 Å². The van der Waals surface area contributed by atoms with Crippen LogP contribution in [0.15, 0.2) is 30.3 Å². The molecule has 24 heavy (non-hydrogen) atoms. The van der Waals surface area contributed by atoms with Crippen molar-refractivity contribution in [3.05, 3.63) is 35.9 Å². The third-order valence-corrected chi connectivity index (χ3v) is 2.69. The third kappa shape index (κ3) is 12.6. The normalized spacial score (nSPS) is 10.2. The molecule has 0 fully saturated rings. The van der Waals surface area contributed by atoms with E-state index in [1.54, 1.807) is 7.11 Å². The van der Waals surface area contributed by atoms with Crippen molar-refractivity contribution in [2.45, 2.75) is 40.2 Å². The predicted molar refractivity (Wildman–Crippen MR) is 105 cm³/mol. The van der Waals surface area contributed by atoms with Gasteiger partial charge in [-0.25, -0.2) is 0 Å². The minimum absolute atomic E-state index is 0. The second-order valence-corrected chi connectivity index (χ2v) is 4.39. The topological polar surface area (TPSA) is 93.5 Å². The summed E-state index contributed by atoms with van der Waals surface area (Å²) in [4.78, 5) is 22.7. The van der Waals surface area contributed by atoms with Crippen LogP contribution in [0.3, 0.4) is 0 Å². The first-order chi connectivity index (χ1) is 11.7. The molecule has 6 nitrogen and oxygen atoms in total. The van der Waals surface area contributed by atoms with Crippen LogP contribution >= 0.6 is 0 Å². The first-order valence-corrected chi connectivity index (χ1v) is 8.44. The molecule has 0 unspecified atom stereocenters. The fourth-order valence-corrected chi connectivity index (χ4v) is 1.78. The van der Waals surface area contributed by atoms with E-state index in [0.29, 0.717) is 13.0 Å². The summed E-state index contributed by atoms with van der Waals surface area (Å²) in [7, 11) is 1.58. The van der Waals surface area contributed by atoms with Crippen molar-refractivity contribution in [2.24, 2.45) is 5.73 Å². The van der Waals surface area contributed by atoms with E-state index in [9.17, 15) is 9.59 Å². The lowest BCUT2D eigenvalue weighted by Gasteiger charge is -2.18. The Balaban J connectivity index is -0.000000215. The lowest BCUT2D eigenvalue weighted by atomic mass is 10.1. The molecule has 6 heteroatoms. The molecule has 2 amide bonds. The standard InChI is InChI=1S/C14H21N3O3.2C2H6.3H2/c1-20-10-12(7-11-5-3-2-4-6-11)17-14(19)9-16-13(18)8-15;2*1-2;;;/h2-6,12H,7-10,15H2,1H3,(H,16,18)(H,17,19);2*1-2H3;3*1H/t12-;;;;;/m0...../s1. The van der Waals surface area contributed by atoms with E-state index >= 15 is 0 Å². The highest BCUT2D eigenvalue weighted by Gasteiger charge is 2.13. The van der Waals surface area contributed by atoms with Gasteiger partial charge in [-0.3, -0.25) is 9.59 Å². The molecule has 0 aliphatic carbocycles. The molecule has 0 spiro atoms. The second kappa shape index (κ2) is 17.4. The van der Waals surface area contributed by atoms with Crippen molar-refractivity contribution >= 4 is 11.8 Å². The average Bonchev–Trinajstić information content (AvgIpc) is 2.64.